The van der Waals surface area contributed by atoms with Crippen LogP contribution in [0.4, 0.5) is 0 Å². The minimum Gasteiger partial charge on any atom is -0.367 e. The van der Waals surface area contributed by atoms with Gasteiger partial charge in [-0.2, -0.15) is 0 Å². The molecule has 2 aliphatic carbocycles. The molecule has 1 fully saturated rings. The lowest BCUT2D eigenvalue weighted by Crippen LogP contribution is -2.29. The first-order valence-corrected chi connectivity index (χ1v) is 9.73. The molecule has 3 nitrogen and oxygen atoms in total. The zero-order chi connectivity index (χ0) is 17.9. The van der Waals surface area contributed by atoms with Gasteiger partial charge in [0.05, 0.1) is 0 Å². The van der Waals surface area contributed by atoms with Crippen molar-refractivity contribution in [3.63, 3.8) is 0 Å². The normalized spacial score (nSPS) is 18.4. The molecule has 2 aliphatic rings. The molecule has 0 spiro atoms. The summed E-state index contributed by atoms with van der Waals surface area (Å²) in [4.78, 5) is 0. The van der Waals surface area contributed by atoms with Crippen molar-refractivity contribution in [2.24, 2.45) is 5.92 Å². The maximum absolute atomic E-state index is 8.14. The van der Waals surface area contributed by atoms with Crippen molar-refractivity contribution in [3.8, 4) is 0 Å². The quantitative estimate of drug-likeness (QED) is 0.613. The lowest BCUT2D eigenvalue weighted by atomic mass is 10.0. The zero-order valence-electron chi connectivity index (χ0n) is 15.4. The van der Waals surface area contributed by atoms with Crippen molar-refractivity contribution in [1.82, 2.24) is 9.88 Å². The van der Waals surface area contributed by atoms with Crippen LogP contribution in [-0.2, 0) is 6.54 Å². The lowest BCUT2D eigenvalue weighted by molar-refractivity contribution is 0.717. The molecule has 0 amide bonds. The van der Waals surface area contributed by atoms with Gasteiger partial charge in [0.2, 0.25) is 0 Å². The van der Waals surface area contributed by atoms with Gasteiger partial charge in [-0.05, 0) is 48.1 Å². The van der Waals surface area contributed by atoms with E-state index < -0.39 is 0 Å². The summed E-state index contributed by atoms with van der Waals surface area (Å²) in [7, 11) is 0. The number of fused-ring (bicyclic) bond motifs is 1. The van der Waals surface area contributed by atoms with Crippen molar-refractivity contribution in [2.75, 3.05) is 0 Å². The Hall–Kier alpha value is -2.55. The number of rotatable bonds is 6. The highest BCUT2D eigenvalue weighted by molar-refractivity contribution is 5.96. The molecular weight excluding hydrogens is 318 g/mol. The standard InChI is InChI=1S/C23H27N3/c1-2-4-17-5-3-6-22-20(15-17)13-14-26(22)16-18-7-9-19(10-8-18)23(24)25-21-11-12-21/h3,5-10,13-15,17,21H,2,4,11-12,16H2,1H3,(H2,24,25). The van der Waals surface area contributed by atoms with Crippen LogP contribution in [0.25, 0.3) is 12.2 Å². The van der Waals surface area contributed by atoms with Gasteiger partial charge >= 0.3 is 0 Å². The predicted octanol–water partition coefficient (Wildman–Crippen LogP) is 3.16. The van der Waals surface area contributed by atoms with Crippen LogP contribution in [0.15, 0.2) is 48.7 Å². The fourth-order valence-corrected chi connectivity index (χ4v) is 3.55. The topological polar surface area (TPSA) is 40.8 Å². The average molecular weight is 345 g/mol. The van der Waals surface area contributed by atoms with Gasteiger partial charge in [0.25, 0.3) is 0 Å². The van der Waals surface area contributed by atoms with E-state index in [1.807, 2.05) is 0 Å². The molecule has 1 atom stereocenters. The molecule has 2 aromatic rings. The van der Waals surface area contributed by atoms with Crippen molar-refractivity contribution in [1.29, 1.82) is 5.41 Å². The van der Waals surface area contributed by atoms with Crippen molar-refractivity contribution >= 4 is 18.0 Å². The molecule has 1 saturated carbocycles. The maximum atomic E-state index is 8.14. The number of allylic oxidation sites excluding steroid dienone is 2. The molecule has 134 valence electrons. The van der Waals surface area contributed by atoms with Gasteiger partial charge < -0.3 is 9.88 Å². The smallest absolute Gasteiger partial charge is 0.125 e. The summed E-state index contributed by atoms with van der Waals surface area (Å²) in [5.41, 5.74) is 2.23. The number of hydrogen-bond acceptors (Lipinski definition) is 1. The fourth-order valence-electron chi connectivity index (χ4n) is 3.55. The minimum atomic E-state index is 0.522. The zero-order valence-corrected chi connectivity index (χ0v) is 15.4. The monoisotopic (exact) mass is 345 g/mol. The van der Waals surface area contributed by atoms with E-state index in [-0.39, 0.29) is 0 Å². The minimum absolute atomic E-state index is 0.522. The molecule has 3 heteroatoms. The maximum Gasteiger partial charge on any atom is 0.125 e. The third kappa shape index (κ3) is 3.82. The fraction of sp³-hybridized carbons (Fsp3) is 0.348. The molecule has 1 heterocycles. The van der Waals surface area contributed by atoms with Gasteiger partial charge in [-0.1, -0.05) is 55.8 Å². The van der Waals surface area contributed by atoms with Crippen LogP contribution in [0.3, 0.4) is 0 Å². The Morgan fingerprint density at radius 3 is 2.73 bits per heavy atom. The molecule has 0 saturated heterocycles. The summed E-state index contributed by atoms with van der Waals surface area (Å²) in [5.74, 6) is 1.08. The first-order chi connectivity index (χ1) is 12.7. The molecule has 4 rings (SSSR count). The van der Waals surface area contributed by atoms with Gasteiger partial charge in [0, 0.05) is 29.7 Å². The van der Waals surface area contributed by atoms with E-state index in [4.69, 9.17) is 5.41 Å². The molecule has 2 N–H and O–H groups in total. The number of amidine groups is 1. The van der Waals surface area contributed by atoms with Crippen LogP contribution in [0.2, 0.25) is 0 Å². The highest BCUT2D eigenvalue weighted by atomic mass is 15.0. The third-order valence-corrected chi connectivity index (χ3v) is 5.19. The summed E-state index contributed by atoms with van der Waals surface area (Å²) < 4.78 is 2.31. The van der Waals surface area contributed by atoms with E-state index in [2.05, 4.69) is 77.6 Å². The average Bonchev–Trinajstić information content (AvgIpc) is 3.42. The van der Waals surface area contributed by atoms with Gasteiger partial charge in [0.1, 0.15) is 5.84 Å². The number of benzene rings is 1. The third-order valence-electron chi connectivity index (χ3n) is 5.19. The van der Waals surface area contributed by atoms with Crippen LogP contribution in [0.1, 0.15) is 43.7 Å². The summed E-state index contributed by atoms with van der Waals surface area (Å²) in [5, 5.41) is 14.0. The molecule has 1 aromatic heterocycles. The van der Waals surface area contributed by atoms with E-state index in [1.165, 1.54) is 41.8 Å². The van der Waals surface area contributed by atoms with E-state index in [0.717, 1.165) is 12.1 Å². The highest BCUT2D eigenvalue weighted by Crippen LogP contribution is 2.19. The van der Waals surface area contributed by atoms with E-state index in [0.29, 0.717) is 17.8 Å². The molecule has 1 unspecified atom stereocenters. The number of hydrogen-bond donors (Lipinski definition) is 2. The molecular formula is C23H27N3. The first kappa shape index (κ1) is 16.9. The Labute approximate surface area is 155 Å². The molecule has 0 bridgehead atoms. The van der Waals surface area contributed by atoms with Crippen molar-refractivity contribution < 1.29 is 0 Å². The summed E-state index contributed by atoms with van der Waals surface area (Å²) >= 11 is 0. The van der Waals surface area contributed by atoms with Crippen molar-refractivity contribution in [2.45, 2.75) is 45.2 Å². The molecule has 1 aromatic carbocycles. The van der Waals surface area contributed by atoms with Gasteiger partial charge in [-0.25, -0.2) is 0 Å². The van der Waals surface area contributed by atoms with Gasteiger partial charge in [0.15, 0.2) is 0 Å². The Balaban J connectivity index is 1.52. The molecule has 0 aliphatic heterocycles. The summed E-state index contributed by atoms with van der Waals surface area (Å²) in [6.45, 7) is 3.10. The largest absolute Gasteiger partial charge is 0.367 e. The van der Waals surface area contributed by atoms with Gasteiger partial charge in [-0.3, -0.25) is 5.41 Å². The SMILES string of the molecule is CCCC1C=CC=c2c(ccn2Cc2ccc(C(=N)NC3CC3)cc2)=C1. The first-order valence-electron chi connectivity index (χ1n) is 9.73. The van der Waals surface area contributed by atoms with Crippen LogP contribution >= 0.6 is 0 Å². The van der Waals surface area contributed by atoms with Crippen LogP contribution < -0.4 is 15.9 Å². The van der Waals surface area contributed by atoms with Crippen molar-refractivity contribution in [3.05, 3.63) is 70.4 Å². The second-order valence-corrected chi connectivity index (χ2v) is 7.45. The Bertz CT molecular complexity index is 927. The molecule has 26 heavy (non-hydrogen) atoms. The molecule has 0 radical (unpaired) electrons. The summed E-state index contributed by atoms with van der Waals surface area (Å²) in [6, 6.07) is 11.1. The van der Waals surface area contributed by atoms with E-state index in [1.54, 1.807) is 0 Å². The predicted molar refractivity (Wildman–Crippen MR) is 109 cm³/mol. The van der Waals surface area contributed by atoms with Crippen LogP contribution in [0, 0.1) is 11.3 Å². The van der Waals surface area contributed by atoms with Gasteiger partial charge in [-0.15, -0.1) is 0 Å². The second-order valence-electron chi connectivity index (χ2n) is 7.45. The Morgan fingerprint density at radius 1 is 1.19 bits per heavy atom. The number of nitrogens with zero attached hydrogens (tertiary/aromatic N) is 1. The number of nitrogens with one attached hydrogen (secondary N) is 2. The van der Waals surface area contributed by atoms with Crippen LogP contribution in [0.5, 0.6) is 0 Å². The second kappa shape index (κ2) is 7.36. The number of aromatic nitrogens is 1. The lowest BCUT2D eigenvalue weighted by Gasteiger charge is -2.08. The highest BCUT2D eigenvalue weighted by Gasteiger charge is 2.22. The Morgan fingerprint density at radius 2 is 2.00 bits per heavy atom. The van der Waals surface area contributed by atoms with E-state index in [9.17, 15) is 0 Å². The van der Waals surface area contributed by atoms with E-state index >= 15 is 0 Å². The summed E-state index contributed by atoms with van der Waals surface area (Å²) in [6.07, 6.45) is 16.1. The Kier molecular flexibility index (Phi) is 4.79. The van der Waals surface area contributed by atoms with Crippen LogP contribution in [-0.4, -0.2) is 16.4 Å².